The largest absolute Gasteiger partial charge is 0.378 e. The summed E-state index contributed by atoms with van der Waals surface area (Å²) in [5.74, 6) is -0.308. The summed E-state index contributed by atoms with van der Waals surface area (Å²) < 4.78 is 1.99. The van der Waals surface area contributed by atoms with Gasteiger partial charge < -0.3 is 9.47 Å². The molecule has 3 aromatic rings. The lowest BCUT2D eigenvalue weighted by atomic mass is 10.2. The van der Waals surface area contributed by atoms with E-state index in [2.05, 4.69) is 22.7 Å². The van der Waals surface area contributed by atoms with E-state index >= 15 is 0 Å². The number of aromatic nitrogens is 1. The lowest BCUT2D eigenvalue weighted by molar-refractivity contribution is 0.0955. The molecule has 0 atom stereocenters. The van der Waals surface area contributed by atoms with E-state index in [1.54, 1.807) is 30.5 Å². The number of anilines is 1. The van der Waals surface area contributed by atoms with Crippen LogP contribution in [-0.4, -0.2) is 30.8 Å². The van der Waals surface area contributed by atoms with E-state index in [0.717, 1.165) is 17.1 Å². The monoisotopic (exact) mass is 366 g/mol. The second kappa shape index (κ2) is 7.89. The van der Waals surface area contributed by atoms with Gasteiger partial charge in [-0.3, -0.25) is 4.79 Å². The van der Waals surface area contributed by atoms with E-state index in [9.17, 15) is 4.79 Å². The quantitative estimate of drug-likeness (QED) is 0.549. The Morgan fingerprint density at radius 1 is 1.12 bits per heavy atom. The van der Waals surface area contributed by atoms with Crippen molar-refractivity contribution in [3.63, 3.8) is 0 Å². The van der Waals surface area contributed by atoms with Crippen LogP contribution >= 0.6 is 11.6 Å². The van der Waals surface area contributed by atoms with Crippen LogP contribution in [0.15, 0.2) is 72.0 Å². The first-order chi connectivity index (χ1) is 12.5. The van der Waals surface area contributed by atoms with E-state index < -0.39 is 0 Å². The van der Waals surface area contributed by atoms with Crippen LogP contribution < -0.4 is 10.3 Å². The molecule has 1 aromatic heterocycles. The summed E-state index contributed by atoms with van der Waals surface area (Å²) in [6, 6.07) is 18.8. The fraction of sp³-hybridized carbons (Fsp3) is 0.100. The summed E-state index contributed by atoms with van der Waals surface area (Å²) in [6.45, 7) is 0. The van der Waals surface area contributed by atoms with Gasteiger partial charge in [-0.2, -0.15) is 5.10 Å². The lowest BCUT2D eigenvalue weighted by Gasteiger charge is -2.13. The minimum absolute atomic E-state index is 0.308. The predicted octanol–water partition coefficient (Wildman–Crippen LogP) is 3.96. The zero-order chi connectivity index (χ0) is 18.5. The number of hydrogen-bond acceptors (Lipinski definition) is 3. The zero-order valence-corrected chi connectivity index (χ0v) is 15.3. The average molecular weight is 367 g/mol. The maximum Gasteiger partial charge on any atom is 0.271 e. The first-order valence-electron chi connectivity index (χ1n) is 8.09. The molecule has 2 aromatic carbocycles. The number of hydrazone groups is 1. The van der Waals surface area contributed by atoms with Crippen molar-refractivity contribution in [3.8, 4) is 5.69 Å². The number of carbonyl (C=O) groups excluding carboxylic acids is 1. The highest BCUT2D eigenvalue weighted by Crippen LogP contribution is 2.17. The van der Waals surface area contributed by atoms with Crippen molar-refractivity contribution >= 4 is 29.4 Å². The van der Waals surface area contributed by atoms with Crippen LogP contribution in [0.1, 0.15) is 16.1 Å². The molecule has 0 aliphatic carbocycles. The molecule has 0 bridgehead atoms. The van der Waals surface area contributed by atoms with Crippen molar-refractivity contribution in [3.05, 3.63) is 83.1 Å². The van der Waals surface area contributed by atoms with E-state index in [1.165, 1.54) is 0 Å². The summed E-state index contributed by atoms with van der Waals surface area (Å²) in [7, 11) is 4.01. The van der Waals surface area contributed by atoms with Gasteiger partial charge in [0.25, 0.3) is 5.91 Å². The van der Waals surface area contributed by atoms with Gasteiger partial charge in [-0.15, -0.1) is 0 Å². The molecule has 6 heteroatoms. The standard InChI is InChI=1S/C20H19ClN4O/c1-24(2)17-8-10-18(11-9-17)25-12-4-7-19(25)14-22-23-20(26)15-5-3-6-16(21)13-15/h3-14H,1-2H3,(H,23,26)/b22-14+. The molecular weight excluding hydrogens is 348 g/mol. The van der Waals surface area contributed by atoms with Gasteiger partial charge in [0.2, 0.25) is 0 Å². The molecule has 0 saturated heterocycles. The van der Waals surface area contributed by atoms with Crippen molar-refractivity contribution in [2.75, 3.05) is 19.0 Å². The molecule has 1 amide bonds. The number of carbonyl (C=O) groups is 1. The Balaban J connectivity index is 1.72. The molecule has 5 nitrogen and oxygen atoms in total. The van der Waals surface area contributed by atoms with Crippen LogP contribution in [0.4, 0.5) is 5.69 Å². The molecule has 1 N–H and O–H groups in total. The SMILES string of the molecule is CN(C)c1ccc(-n2cccc2/C=N/NC(=O)c2cccc(Cl)c2)cc1. The smallest absolute Gasteiger partial charge is 0.271 e. The van der Waals surface area contributed by atoms with Gasteiger partial charge >= 0.3 is 0 Å². The van der Waals surface area contributed by atoms with Gasteiger partial charge in [0.15, 0.2) is 0 Å². The number of rotatable bonds is 5. The number of nitrogens with zero attached hydrogens (tertiary/aromatic N) is 3. The molecule has 0 aliphatic heterocycles. The maximum absolute atomic E-state index is 12.1. The highest BCUT2D eigenvalue weighted by molar-refractivity contribution is 6.30. The summed E-state index contributed by atoms with van der Waals surface area (Å²) in [4.78, 5) is 14.1. The van der Waals surface area contributed by atoms with Crippen LogP contribution in [0.2, 0.25) is 5.02 Å². The molecule has 1 heterocycles. The highest BCUT2D eigenvalue weighted by atomic mass is 35.5. The maximum atomic E-state index is 12.1. The van der Waals surface area contributed by atoms with Gasteiger partial charge in [-0.1, -0.05) is 17.7 Å². The molecule has 0 radical (unpaired) electrons. The normalized spacial score (nSPS) is 10.9. The first kappa shape index (κ1) is 17.8. The second-order valence-electron chi connectivity index (χ2n) is 5.92. The highest BCUT2D eigenvalue weighted by Gasteiger charge is 2.05. The summed E-state index contributed by atoms with van der Waals surface area (Å²) in [6.07, 6.45) is 3.56. The molecule has 0 unspecified atom stereocenters. The molecule has 132 valence electrons. The van der Waals surface area contributed by atoms with Crippen LogP contribution in [0.25, 0.3) is 5.69 Å². The number of benzene rings is 2. The van der Waals surface area contributed by atoms with Gasteiger partial charge in [-0.25, -0.2) is 5.43 Å². The average Bonchev–Trinajstić information content (AvgIpc) is 3.10. The van der Waals surface area contributed by atoms with Crippen molar-refractivity contribution in [1.82, 2.24) is 9.99 Å². The Hall–Kier alpha value is -3.05. The lowest BCUT2D eigenvalue weighted by Crippen LogP contribution is -2.17. The second-order valence-corrected chi connectivity index (χ2v) is 6.36. The van der Waals surface area contributed by atoms with Gasteiger partial charge in [0, 0.05) is 42.3 Å². The molecule has 0 spiro atoms. The van der Waals surface area contributed by atoms with E-state index in [4.69, 9.17) is 11.6 Å². The van der Waals surface area contributed by atoms with E-state index in [0.29, 0.717) is 10.6 Å². The Bertz CT molecular complexity index is 929. The van der Waals surface area contributed by atoms with Gasteiger partial charge in [0.1, 0.15) is 0 Å². The van der Waals surface area contributed by atoms with Crippen LogP contribution in [-0.2, 0) is 0 Å². The van der Waals surface area contributed by atoms with Gasteiger partial charge in [-0.05, 0) is 54.6 Å². The molecular formula is C20H19ClN4O. The third kappa shape index (κ3) is 4.13. The predicted molar refractivity (Wildman–Crippen MR) is 107 cm³/mol. The van der Waals surface area contributed by atoms with Crippen molar-refractivity contribution < 1.29 is 4.79 Å². The summed E-state index contributed by atoms with van der Waals surface area (Å²) >= 11 is 5.90. The Morgan fingerprint density at radius 2 is 1.88 bits per heavy atom. The summed E-state index contributed by atoms with van der Waals surface area (Å²) in [5, 5.41) is 4.57. The van der Waals surface area contributed by atoms with Crippen LogP contribution in [0.5, 0.6) is 0 Å². The number of amides is 1. The minimum atomic E-state index is -0.308. The van der Waals surface area contributed by atoms with Crippen molar-refractivity contribution in [2.24, 2.45) is 5.10 Å². The van der Waals surface area contributed by atoms with E-state index in [1.807, 2.05) is 54.0 Å². The Labute approximate surface area is 157 Å². The number of nitrogens with one attached hydrogen (secondary N) is 1. The molecule has 0 aliphatic rings. The van der Waals surface area contributed by atoms with Crippen LogP contribution in [0.3, 0.4) is 0 Å². The summed E-state index contributed by atoms with van der Waals surface area (Å²) in [5.41, 5.74) is 5.98. The Kier molecular flexibility index (Phi) is 5.39. The zero-order valence-electron chi connectivity index (χ0n) is 14.6. The van der Waals surface area contributed by atoms with Crippen molar-refractivity contribution in [2.45, 2.75) is 0 Å². The molecule has 0 saturated carbocycles. The molecule has 0 fully saturated rings. The Morgan fingerprint density at radius 3 is 2.58 bits per heavy atom. The molecule has 26 heavy (non-hydrogen) atoms. The minimum Gasteiger partial charge on any atom is -0.378 e. The topological polar surface area (TPSA) is 49.6 Å². The third-order valence-electron chi connectivity index (χ3n) is 3.87. The fourth-order valence-electron chi connectivity index (χ4n) is 2.50. The first-order valence-corrected chi connectivity index (χ1v) is 8.46. The van der Waals surface area contributed by atoms with Crippen molar-refractivity contribution in [1.29, 1.82) is 0 Å². The third-order valence-corrected chi connectivity index (χ3v) is 4.11. The number of halogens is 1. The fourth-order valence-corrected chi connectivity index (χ4v) is 2.69. The number of hydrogen-bond donors (Lipinski definition) is 1. The van der Waals surface area contributed by atoms with Crippen LogP contribution in [0, 0.1) is 0 Å². The molecule has 3 rings (SSSR count). The van der Waals surface area contributed by atoms with E-state index in [-0.39, 0.29) is 5.91 Å². The van der Waals surface area contributed by atoms with Gasteiger partial charge in [0.05, 0.1) is 11.9 Å².